The number of pyridine rings is 1. The van der Waals surface area contributed by atoms with Crippen LogP contribution in [0.15, 0.2) is 29.4 Å². The van der Waals surface area contributed by atoms with Crippen LogP contribution >= 0.6 is 24.0 Å². The molecule has 0 saturated heterocycles. The summed E-state index contributed by atoms with van der Waals surface area (Å²) in [4.78, 5) is 21.9. The number of carbonyl (C=O) groups is 1. The van der Waals surface area contributed by atoms with E-state index < -0.39 is 0 Å². The molecule has 0 bridgehead atoms. The highest BCUT2D eigenvalue weighted by molar-refractivity contribution is 14.0. The van der Waals surface area contributed by atoms with E-state index in [9.17, 15) is 4.79 Å². The molecule has 0 aliphatic heterocycles. The number of hydrogen-bond acceptors (Lipinski definition) is 4. The number of amides is 1. The second-order valence-corrected chi connectivity index (χ2v) is 5.10. The number of halogens is 1. The minimum Gasteiger partial charge on any atom is -0.382 e. The van der Waals surface area contributed by atoms with Crippen LogP contribution in [0.3, 0.4) is 0 Å². The van der Waals surface area contributed by atoms with Crippen molar-refractivity contribution in [3.05, 3.63) is 30.1 Å². The Morgan fingerprint density at radius 3 is 2.75 bits per heavy atom. The summed E-state index contributed by atoms with van der Waals surface area (Å²) in [6, 6.07) is 5.71. The van der Waals surface area contributed by atoms with Crippen molar-refractivity contribution in [3.63, 3.8) is 0 Å². The second-order valence-electron chi connectivity index (χ2n) is 5.10. The maximum Gasteiger partial charge on any atom is 0.241 e. The highest BCUT2D eigenvalue weighted by Crippen LogP contribution is 1.95. The van der Waals surface area contributed by atoms with Crippen LogP contribution in [0.1, 0.15) is 19.0 Å². The Hall–Kier alpha value is -1.42. The van der Waals surface area contributed by atoms with E-state index in [1.165, 1.54) is 0 Å². The Morgan fingerprint density at radius 2 is 2.12 bits per heavy atom. The monoisotopic (exact) mass is 449 g/mol. The van der Waals surface area contributed by atoms with Crippen molar-refractivity contribution in [1.82, 2.24) is 20.5 Å². The smallest absolute Gasteiger partial charge is 0.241 e. The van der Waals surface area contributed by atoms with Gasteiger partial charge in [-0.1, -0.05) is 6.07 Å². The Morgan fingerprint density at radius 1 is 1.33 bits per heavy atom. The van der Waals surface area contributed by atoms with E-state index >= 15 is 0 Å². The molecule has 7 nitrogen and oxygen atoms in total. The first kappa shape index (κ1) is 22.6. The standard InChI is InChI=1S/C16H27N5O2.HI/c1-4-23-11-7-10-18-16(20-13-15(22)21(2)3)19-12-14-8-5-6-9-17-14;/h5-6,8-9H,4,7,10-13H2,1-3H3,(H2,18,19,20);1H. The Kier molecular flexibility index (Phi) is 13.1. The van der Waals surface area contributed by atoms with Gasteiger partial charge >= 0.3 is 0 Å². The molecule has 1 aromatic rings. The van der Waals surface area contributed by atoms with E-state index in [1.54, 1.807) is 25.2 Å². The zero-order valence-electron chi connectivity index (χ0n) is 14.6. The number of guanidine groups is 1. The summed E-state index contributed by atoms with van der Waals surface area (Å²) in [6.07, 6.45) is 2.61. The number of rotatable bonds is 9. The van der Waals surface area contributed by atoms with Crippen LogP contribution in [-0.2, 0) is 16.1 Å². The van der Waals surface area contributed by atoms with Gasteiger partial charge in [0.05, 0.1) is 18.8 Å². The van der Waals surface area contributed by atoms with Crippen LogP contribution in [0.5, 0.6) is 0 Å². The molecule has 0 aromatic carbocycles. The van der Waals surface area contributed by atoms with Crippen LogP contribution in [-0.4, -0.2) is 62.1 Å². The third kappa shape index (κ3) is 10.4. The molecular formula is C16H28IN5O2. The number of aromatic nitrogens is 1. The van der Waals surface area contributed by atoms with Gasteiger partial charge < -0.3 is 20.3 Å². The lowest BCUT2D eigenvalue weighted by molar-refractivity contribution is -0.127. The highest BCUT2D eigenvalue weighted by Gasteiger charge is 2.05. The number of likely N-dealkylation sites (N-methyl/N-ethyl adjacent to an activating group) is 1. The van der Waals surface area contributed by atoms with E-state index in [0.717, 1.165) is 25.3 Å². The third-order valence-corrected chi connectivity index (χ3v) is 2.99. The summed E-state index contributed by atoms with van der Waals surface area (Å²) < 4.78 is 5.30. The van der Waals surface area contributed by atoms with Crippen LogP contribution in [0.2, 0.25) is 0 Å². The van der Waals surface area contributed by atoms with Gasteiger partial charge in [-0.2, -0.15) is 0 Å². The van der Waals surface area contributed by atoms with Gasteiger partial charge in [0.25, 0.3) is 0 Å². The first-order valence-electron chi connectivity index (χ1n) is 7.83. The molecule has 24 heavy (non-hydrogen) atoms. The SMILES string of the molecule is CCOCCCNC(=NCc1ccccn1)NCC(=O)N(C)C.I. The number of carbonyl (C=O) groups excluding carboxylic acids is 1. The normalized spacial score (nSPS) is 10.7. The quantitative estimate of drug-likeness (QED) is 0.257. The van der Waals surface area contributed by atoms with E-state index in [1.807, 2.05) is 25.1 Å². The molecule has 0 saturated carbocycles. The van der Waals surface area contributed by atoms with E-state index in [0.29, 0.717) is 19.1 Å². The summed E-state index contributed by atoms with van der Waals surface area (Å²) in [7, 11) is 3.45. The fourth-order valence-electron chi connectivity index (χ4n) is 1.67. The van der Waals surface area contributed by atoms with E-state index in [2.05, 4.69) is 20.6 Å². The van der Waals surface area contributed by atoms with Gasteiger partial charge in [0.1, 0.15) is 0 Å². The number of nitrogens with zero attached hydrogens (tertiary/aromatic N) is 3. The molecule has 1 amide bonds. The molecule has 0 aliphatic rings. The maximum atomic E-state index is 11.7. The predicted octanol–water partition coefficient (Wildman–Crippen LogP) is 1.25. The van der Waals surface area contributed by atoms with Crippen LogP contribution in [0, 0.1) is 0 Å². The van der Waals surface area contributed by atoms with Crippen LogP contribution in [0.25, 0.3) is 0 Å². The van der Waals surface area contributed by atoms with Gasteiger partial charge in [0.2, 0.25) is 5.91 Å². The van der Waals surface area contributed by atoms with Crippen molar-refractivity contribution < 1.29 is 9.53 Å². The van der Waals surface area contributed by atoms with E-state index in [4.69, 9.17) is 4.74 Å². The van der Waals surface area contributed by atoms with Crippen LogP contribution < -0.4 is 10.6 Å². The summed E-state index contributed by atoms with van der Waals surface area (Å²) >= 11 is 0. The molecule has 2 N–H and O–H groups in total. The lowest BCUT2D eigenvalue weighted by Crippen LogP contribution is -2.43. The highest BCUT2D eigenvalue weighted by atomic mass is 127. The lowest BCUT2D eigenvalue weighted by Gasteiger charge is -2.15. The Labute approximate surface area is 161 Å². The summed E-state index contributed by atoms with van der Waals surface area (Å²) in [5, 5.41) is 6.24. The minimum atomic E-state index is -0.00773. The zero-order chi connectivity index (χ0) is 16.9. The number of hydrogen-bond donors (Lipinski definition) is 2. The Balaban J connectivity index is 0.00000529. The second kappa shape index (κ2) is 14.0. The van der Waals surface area contributed by atoms with Crippen molar-refractivity contribution >= 4 is 35.8 Å². The minimum absolute atomic E-state index is 0. The summed E-state index contributed by atoms with van der Waals surface area (Å²) in [5.74, 6) is 0.592. The van der Waals surface area contributed by atoms with Crippen molar-refractivity contribution in [3.8, 4) is 0 Å². The number of nitrogens with one attached hydrogen (secondary N) is 2. The molecule has 136 valence electrons. The third-order valence-electron chi connectivity index (χ3n) is 2.99. The van der Waals surface area contributed by atoms with Gasteiger partial charge in [-0.3, -0.25) is 9.78 Å². The first-order valence-corrected chi connectivity index (χ1v) is 7.83. The van der Waals surface area contributed by atoms with Gasteiger partial charge in [0, 0.05) is 40.1 Å². The van der Waals surface area contributed by atoms with Crippen molar-refractivity contribution in [2.45, 2.75) is 19.9 Å². The molecule has 0 unspecified atom stereocenters. The number of ether oxygens (including phenoxy) is 1. The van der Waals surface area contributed by atoms with Gasteiger partial charge in [-0.25, -0.2) is 4.99 Å². The van der Waals surface area contributed by atoms with Crippen molar-refractivity contribution in [1.29, 1.82) is 0 Å². The Bertz CT molecular complexity index is 483. The fraction of sp³-hybridized carbons (Fsp3) is 0.562. The maximum absolute atomic E-state index is 11.7. The van der Waals surface area contributed by atoms with Gasteiger partial charge in [-0.15, -0.1) is 24.0 Å². The fourth-order valence-corrected chi connectivity index (χ4v) is 1.67. The summed E-state index contributed by atoms with van der Waals surface area (Å²) in [5.41, 5.74) is 0.877. The average molecular weight is 449 g/mol. The zero-order valence-corrected chi connectivity index (χ0v) is 16.9. The number of aliphatic imine (C=N–C) groups is 1. The molecule has 1 aromatic heterocycles. The molecule has 0 aliphatic carbocycles. The van der Waals surface area contributed by atoms with Gasteiger partial charge in [-0.05, 0) is 25.5 Å². The van der Waals surface area contributed by atoms with Crippen LogP contribution in [0.4, 0.5) is 0 Å². The lowest BCUT2D eigenvalue weighted by atomic mass is 10.3. The van der Waals surface area contributed by atoms with Crippen molar-refractivity contribution in [2.24, 2.45) is 4.99 Å². The summed E-state index contributed by atoms with van der Waals surface area (Å²) in [6.45, 7) is 4.78. The predicted molar refractivity (Wildman–Crippen MR) is 107 cm³/mol. The average Bonchev–Trinajstić information content (AvgIpc) is 2.56. The van der Waals surface area contributed by atoms with Crippen molar-refractivity contribution in [2.75, 3.05) is 40.4 Å². The molecule has 0 atom stereocenters. The molecule has 1 heterocycles. The molecule has 0 spiro atoms. The molecule has 1 rings (SSSR count). The largest absolute Gasteiger partial charge is 0.382 e. The molecule has 8 heteroatoms. The molecular weight excluding hydrogens is 421 g/mol. The molecule has 0 fully saturated rings. The topological polar surface area (TPSA) is 78.8 Å². The molecule has 0 radical (unpaired) electrons. The first-order chi connectivity index (χ1) is 11.1. The van der Waals surface area contributed by atoms with E-state index in [-0.39, 0.29) is 36.4 Å². The van der Waals surface area contributed by atoms with Gasteiger partial charge in [0.15, 0.2) is 5.96 Å².